The number of hydrogen-bond donors (Lipinski definition) is 4. The number of benzene rings is 1. The molecule has 0 unspecified atom stereocenters. The number of aliphatic hydroxyl groups is 4. The van der Waals surface area contributed by atoms with Gasteiger partial charge in [-0.1, -0.05) is 30.3 Å². The van der Waals surface area contributed by atoms with E-state index in [1.165, 1.54) is 0 Å². The van der Waals surface area contributed by atoms with E-state index >= 15 is 0 Å². The van der Waals surface area contributed by atoms with Gasteiger partial charge in [0.15, 0.2) is 0 Å². The molecule has 18 heavy (non-hydrogen) atoms. The maximum Gasteiger partial charge on any atom is 0.109 e. The highest BCUT2D eigenvalue weighted by Crippen LogP contribution is 2.21. The smallest absolute Gasteiger partial charge is 0.109 e. The van der Waals surface area contributed by atoms with Crippen LogP contribution in [-0.4, -0.2) is 62.8 Å². The molecule has 1 aromatic carbocycles. The van der Waals surface area contributed by atoms with E-state index in [0.717, 1.165) is 5.56 Å². The fraction of sp³-hybridized carbons (Fsp3) is 0.538. The van der Waals surface area contributed by atoms with Crippen LogP contribution in [-0.2, 0) is 6.54 Å². The normalized spacial score (nSPS) is 33.6. The number of aliphatic hydroxyl groups excluding tert-OH is 4. The molecule has 0 amide bonds. The minimum Gasteiger partial charge on any atom is -0.395 e. The molecule has 5 heteroatoms. The lowest BCUT2D eigenvalue weighted by Crippen LogP contribution is -2.62. The Morgan fingerprint density at radius 3 is 2.33 bits per heavy atom. The van der Waals surface area contributed by atoms with Gasteiger partial charge in [0, 0.05) is 13.1 Å². The van der Waals surface area contributed by atoms with E-state index in [1.807, 2.05) is 30.3 Å². The summed E-state index contributed by atoms with van der Waals surface area (Å²) in [7, 11) is 0. The van der Waals surface area contributed by atoms with E-state index in [1.54, 1.807) is 4.90 Å². The van der Waals surface area contributed by atoms with Crippen LogP contribution in [0.4, 0.5) is 0 Å². The Balaban J connectivity index is 2.10. The van der Waals surface area contributed by atoms with Crippen LogP contribution in [0.15, 0.2) is 30.3 Å². The molecule has 1 heterocycles. The van der Waals surface area contributed by atoms with E-state index in [2.05, 4.69) is 0 Å². The summed E-state index contributed by atoms with van der Waals surface area (Å²) in [6, 6.07) is 9.07. The van der Waals surface area contributed by atoms with Crippen molar-refractivity contribution >= 4 is 0 Å². The third-order valence-electron chi connectivity index (χ3n) is 3.44. The topological polar surface area (TPSA) is 84.2 Å². The third-order valence-corrected chi connectivity index (χ3v) is 3.44. The molecule has 2 rings (SSSR count). The molecular weight excluding hydrogens is 234 g/mol. The van der Waals surface area contributed by atoms with Gasteiger partial charge in [-0.2, -0.15) is 0 Å². The SMILES string of the molecule is OC[C@@H]1[C@H](O)[C@H](O)[C@@H](O)CN1Cc1ccccc1. The number of hydrogen-bond acceptors (Lipinski definition) is 5. The number of piperidine rings is 1. The standard InChI is InChI=1S/C13H19NO4/c15-8-10-12(17)13(18)11(16)7-14(10)6-9-4-2-1-3-5-9/h1-5,10-13,15-18H,6-8H2/t10-,11+,12+,13-/m1/s1. The van der Waals surface area contributed by atoms with E-state index in [0.29, 0.717) is 6.54 Å². The summed E-state index contributed by atoms with van der Waals surface area (Å²) in [5.74, 6) is 0. The van der Waals surface area contributed by atoms with Crippen molar-refractivity contribution in [1.29, 1.82) is 0 Å². The van der Waals surface area contributed by atoms with Gasteiger partial charge in [-0.3, -0.25) is 4.90 Å². The highest BCUT2D eigenvalue weighted by Gasteiger charge is 2.40. The zero-order valence-electron chi connectivity index (χ0n) is 10.1. The second-order valence-electron chi connectivity index (χ2n) is 4.71. The van der Waals surface area contributed by atoms with Gasteiger partial charge < -0.3 is 20.4 Å². The molecule has 1 aliphatic heterocycles. The van der Waals surface area contributed by atoms with Crippen molar-refractivity contribution in [1.82, 2.24) is 4.90 Å². The lowest BCUT2D eigenvalue weighted by atomic mass is 9.94. The minimum atomic E-state index is -1.20. The monoisotopic (exact) mass is 253 g/mol. The van der Waals surface area contributed by atoms with Crippen molar-refractivity contribution in [2.45, 2.75) is 30.9 Å². The Morgan fingerprint density at radius 1 is 1.06 bits per heavy atom. The average Bonchev–Trinajstić information content (AvgIpc) is 2.38. The first-order valence-corrected chi connectivity index (χ1v) is 6.06. The number of β-amino-alcohol motifs (C(OH)–C–C–N with tert-alkyl or cyclic N) is 1. The largest absolute Gasteiger partial charge is 0.395 e. The maximum absolute atomic E-state index is 9.84. The van der Waals surface area contributed by atoms with Crippen molar-refractivity contribution in [2.24, 2.45) is 0 Å². The minimum absolute atomic E-state index is 0.234. The molecule has 1 aliphatic rings. The van der Waals surface area contributed by atoms with Gasteiger partial charge in [0.2, 0.25) is 0 Å². The molecule has 0 aromatic heterocycles. The van der Waals surface area contributed by atoms with Gasteiger partial charge in [-0.25, -0.2) is 0 Å². The maximum atomic E-state index is 9.84. The summed E-state index contributed by atoms with van der Waals surface area (Å²) in [5, 5.41) is 38.4. The van der Waals surface area contributed by atoms with Crippen LogP contribution in [0, 0.1) is 0 Å². The zero-order chi connectivity index (χ0) is 13.1. The van der Waals surface area contributed by atoms with Crippen LogP contribution in [0.25, 0.3) is 0 Å². The highest BCUT2D eigenvalue weighted by molar-refractivity contribution is 5.15. The first kappa shape index (κ1) is 13.5. The summed E-state index contributed by atoms with van der Waals surface area (Å²) in [6.45, 7) is 0.503. The van der Waals surface area contributed by atoms with E-state index < -0.39 is 24.4 Å². The van der Waals surface area contributed by atoms with Crippen LogP contribution < -0.4 is 0 Å². The Morgan fingerprint density at radius 2 is 1.72 bits per heavy atom. The summed E-state index contributed by atoms with van der Waals surface area (Å²) in [6.07, 6.45) is -3.33. The summed E-state index contributed by atoms with van der Waals surface area (Å²) < 4.78 is 0. The van der Waals surface area contributed by atoms with Gasteiger partial charge in [0.25, 0.3) is 0 Å². The Hall–Kier alpha value is -0.980. The number of nitrogens with zero attached hydrogens (tertiary/aromatic N) is 1. The van der Waals surface area contributed by atoms with E-state index in [4.69, 9.17) is 0 Å². The molecule has 0 saturated carbocycles. The highest BCUT2D eigenvalue weighted by atomic mass is 16.4. The predicted molar refractivity (Wildman–Crippen MR) is 65.7 cm³/mol. The molecule has 1 fully saturated rings. The van der Waals surface area contributed by atoms with Crippen LogP contribution in [0.1, 0.15) is 5.56 Å². The molecule has 100 valence electrons. The van der Waals surface area contributed by atoms with Gasteiger partial charge in [-0.15, -0.1) is 0 Å². The van der Waals surface area contributed by atoms with Gasteiger partial charge >= 0.3 is 0 Å². The first-order chi connectivity index (χ1) is 8.63. The van der Waals surface area contributed by atoms with E-state index in [9.17, 15) is 20.4 Å². The van der Waals surface area contributed by atoms with Gasteiger partial charge in [0.1, 0.15) is 12.2 Å². The fourth-order valence-electron chi connectivity index (χ4n) is 2.38. The summed E-state index contributed by atoms with van der Waals surface area (Å²) in [4.78, 5) is 1.79. The van der Waals surface area contributed by atoms with Crippen molar-refractivity contribution in [3.8, 4) is 0 Å². The van der Waals surface area contributed by atoms with Crippen molar-refractivity contribution in [2.75, 3.05) is 13.2 Å². The lowest BCUT2D eigenvalue weighted by molar-refractivity contribution is -0.147. The summed E-state index contributed by atoms with van der Waals surface area (Å²) in [5.41, 5.74) is 1.03. The predicted octanol–water partition coefficient (Wildman–Crippen LogP) is -1.05. The lowest BCUT2D eigenvalue weighted by Gasteiger charge is -2.43. The summed E-state index contributed by atoms with van der Waals surface area (Å²) >= 11 is 0. The molecule has 4 N–H and O–H groups in total. The molecule has 1 saturated heterocycles. The molecule has 0 aliphatic carbocycles. The second-order valence-corrected chi connectivity index (χ2v) is 4.71. The molecule has 0 bridgehead atoms. The Kier molecular flexibility index (Phi) is 4.31. The number of rotatable bonds is 3. The van der Waals surface area contributed by atoms with Crippen molar-refractivity contribution in [3.63, 3.8) is 0 Å². The van der Waals surface area contributed by atoms with Crippen molar-refractivity contribution < 1.29 is 20.4 Å². The molecule has 0 spiro atoms. The molecule has 5 nitrogen and oxygen atoms in total. The third kappa shape index (κ3) is 2.71. The molecule has 0 radical (unpaired) electrons. The molecule has 1 aromatic rings. The zero-order valence-corrected chi connectivity index (χ0v) is 10.1. The van der Waals surface area contributed by atoms with Crippen LogP contribution >= 0.6 is 0 Å². The van der Waals surface area contributed by atoms with Crippen LogP contribution in [0.3, 0.4) is 0 Å². The second kappa shape index (κ2) is 5.77. The van der Waals surface area contributed by atoms with Crippen LogP contribution in [0.2, 0.25) is 0 Å². The quantitative estimate of drug-likeness (QED) is 0.552. The van der Waals surface area contributed by atoms with E-state index in [-0.39, 0.29) is 13.2 Å². The fourth-order valence-corrected chi connectivity index (χ4v) is 2.38. The number of likely N-dealkylation sites (tertiary alicyclic amines) is 1. The van der Waals surface area contributed by atoms with Gasteiger partial charge in [0.05, 0.1) is 18.8 Å². The first-order valence-electron chi connectivity index (χ1n) is 6.06. The Labute approximate surface area is 106 Å². The molecular formula is C13H19NO4. The Bertz CT molecular complexity index is 373. The van der Waals surface area contributed by atoms with Crippen LogP contribution in [0.5, 0.6) is 0 Å². The van der Waals surface area contributed by atoms with Crippen molar-refractivity contribution in [3.05, 3.63) is 35.9 Å². The van der Waals surface area contributed by atoms with Gasteiger partial charge in [-0.05, 0) is 5.56 Å². The molecule has 4 atom stereocenters. The average molecular weight is 253 g/mol.